The van der Waals surface area contributed by atoms with Crippen molar-refractivity contribution >= 4 is 39.0 Å². The van der Waals surface area contributed by atoms with E-state index >= 15 is 0 Å². The van der Waals surface area contributed by atoms with E-state index in [0.717, 1.165) is 10.0 Å². The van der Waals surface area contributed by atoms with E-state index in [1.54, 1.807) is 30.3 Å². The number of hydrogen-bond donors (Lipinski definition) is 1. The molecule has 0 fully saturated rings. The number of halogens is 2. The van der Waals surface area contributed by atoms with Gasteiger partial charge in [0.25, 0.3) is 0 Å². The molecule has 2 N–H and O–H groups in total. The molecule has 0 bridgehead atoms. The van der Waals surface area contributed by atoms with E-state index in [0.29, 0.717) is 22.7 Å². The number of benzene rings is 2. The molecule has 2 nitrogen and oxygen atoms in total. The Labute approximate surface area is 119 Å². The van der Waals surface area contributed by atoms with Crippen molar-refractivity contribution in [1.29, 1.82) is 0 Å². The number of rotatable bonds is 3. The van der Waals surface area contributed by atoms with Crippen molar-refractivity contribution in [2.45, 2.75) is 6.42 Å². The van der Waals surface area contributed by atoms with Crippen LogP contribution in [0.4, 0.5) is 5.69 Å². The molecule has 0 heterocycles. The highest BCUT2D eigenvalue weighted by molar-refractivity contribution is 9.10. The number of carbonyl (C=O) groups excluding carboxylic acids is 1. The summed E-state index contributed by atoms with van der Waals surface area (Å²) in [6.45, 7) is 0. The molecule has 18 heavy (non-hydrogen) atoms. The summed E-state index contributed by atoms with van der Waals surface area (Å²) in [7, 11) is 0. The molecule has 0 saturated heterocycles. The lowest BCUT2D eigenvalue weighted by Crippen LogP contribution is -2.04. The lowest BCUT2D eigenvalue weighted by atomic mass is 10.0. The number of carbonyl (C=O) groups is 1. The van der Waals surface area contributed by atoms with E-state index in [1.165, 1.54) is 0 Å². The predicted molar refractivity (Wildman–Crippen MR) is 78.0 cm³/mol. The van der Waals surface area contributed by atoms with Crippen LogP contribution in [0.25, 0.3) is 0 Å². The Bertz CT molecular complexity index is 598. The first-order valence-corrected chi connectivity index (χ1v) is 6.56. The van der Waals surface area contributed by atoms with Gasteiger partial charge in [0, 0.05) is 27.2 Å². The summed E-state index contributed by atoms with van der Waals surface area (Å²) in [6, 6.07) is 12.5. The molecule has 0 aliphatic heterocycles. The quantitative estimate of drug-likeness (QED) is 0.682. The van der Waals surface area contributed by atoms with Crippen molar-refractivity contribution in [1.82, 2.24) is 0 Å². The third-order valence-corrected chi connectivity index (χ3v) is 3.50. The van der Waals surface area contributed by atoms with Gasteiger partial charge in [0.2, 0.25) is 0 Å². The molecule has 2 rings (SSSR count). The van der Waals surface area contributed by atoms with Crippen LogP contribution < -0.4 is 5.73 Å². The third-order valence-electron chi connectivity index (χ3n) is 2.58. The molecule has 4 heteroatoms. The van der Waals surface area contributed by atoms with E-state index in [1.807, 2.05) is 12.1 Å². The second-order valence-electron chi connectivity index (χ2n) is 3.97. The molecule has 0 aromatic heterocycles. The van der Waals surface area contributed by atoms with Crippen LogP contribution in [-0.4, -0.2) is 5.78 Å². The molecule has 2 aromatic carbocycles. The molecule has 0 atom stereocenters. The van der Waals surface area contributed by atoms with Gasteiger partial charge in [0.15, 0.2) is 5.78 Å². The second kappa shape index (κ2) is 5.55. The maximum atomic E-state index is 12.1. The van der Waals surface area contributed by atoms with Gasteiger partial charge in [-0.3, -0.25) is 4.79 Å². The topological polar surface area (TPSA) is 43.1 Å². The number of nitrogen functional groups attached to an aromatic ring is 1. The molecular weight excluding hydrogens is 314 g/mol. The van der Waals surface area contributed by atoms with E-state index in [2.05, 4.69) is 15.9 Å². The normalized spacial score (nSPS) is 10.3. The smallest absolute Gasteiger partial charge is 0.167 e. The molecule has 92 valence electrons. The van der Waals surface area contributed by atoms with E-state index in [9.17, 15) is 4.79 Å². The van der Waals surface area contributed by atoms with Crippen LogP contribution in [0, 0.1) is 0 Å². The highest BCUT2D eigenvalue weighted by atomic mass is 79.9. The maximum absolute atomic E-state index is 12.1. The Morgan fingerprint density at radius 2 is 2.00 bits per heavy atom. The Balaban J connectivity index is 2.19. The van der Waals surface area contributed by atoms with Crippen molar-refractivity contribution in [2.24, 2.45) is 0 Å². The fourth-order valence-corrected chi connectivity index (χ4v) is 2.23. The number of Topliss-reactive ketones (excluding diaryl/α,β-unsaturated/α-hetero) is 1. The molecule has 0 aliphatic carbocycles. The third kappa shape index (κ3) is 3.12. The zero-order valence-electron chi connectivity index (χ0n) is 9.49. The minimum atomic E-state index is 0.0398. The van der Waals surface area contributed by atoms with Gasteiger partial charge in [-0.2, -0.15) is 0 Å². The lowest BCUT2D eigenvalue weighted by Gasteiger charge is -2.04. The van der Waals surface area contributed by atoms with Crippen molar-refractivity contribution in [3.8, 4) is 0 Å². The van der Waals surface area contributed by atoms with Crippen LogP contribution in [0.3, 0.4) is 0 Å². The first kappa shape index (κ1) is 13.1. The minimum absolute atomic E-state index is 0.0398. The first-order chi connectivity index (χ1) is 8.56. The van der Waals surface area contributed by atoms with Crippen molar-refractivity contribution in [3.63, 3.8) is 0 Å². The number of nitrogens with two attached hydrogens (primary N) is 1. The summed E-state index contributed by atoms with van der Waals surface area (Å²) < 4.78 is 0.736. The van der Waals surface area contributed by atoms with Crippen LogP contribution in [0.2, 0.25) is 5.02 Å². The molecule has 0 unspecified atom stereocenters. The van der Waals surface area contributed by atoms with Gasteiger partial charge in [0.05, 0.1) is 0 Å². The second-order valence-corrected chi connectivity index (χ2v) is 5.26. The standard InChI is InChI=1S/C14H11BrClNO/c15-12-8-10(4-5-13(12)17)14(18)7-9-2-1-3-11(16)6-9/h1-6,8H,7,17H2. The number of ketones is 1. The van der Waals surface area contributed by atoms with E-state index < -0.39 is 0 Å². The monoisotopic (exact) mass is 323 g/mol. The Morgan fingerprint density at radius 3 is 2.67 bits per heavy atom. The lowest BCUT2D eigenvalue weighted by molar-refractivity contribution is 0.0993. The Hall–Kier alpha value is -1.32. The van der Waals surface area contributed by atoms with Crippen LogP contribution in [0.15, 0.2) is 46.9 Å². The molecule has 0 amide bonds. The highest BCUT2D eigenvalue weighted by Crippen LogP contribution is 2.21. The van der Waals surface area contributed by atoms with Gasteiger partial charge < -0.3 is 5.73 Å². The molecule has 0 spiro atoms. The van der Waals surface area contributed by atoms with Gasteiger partial charge in [-0.1, -0.05) is 23.7 Å². The molecule has 2 aromatic rings. The summed E-state index contributed by atoms with van der Waals surface area (Å²) in [5.74, 6) is 0.0398. The SMILES string of the molecule is Nc1ccc(C(=O)Cc2cccc(Cl)c2)cc1Br. The van der Waals surface area contributed by atoms with Crippen LogP contribution in [-0.2, 0) is 6.42 Å². The first-order valence-electron chi connectivity index (χ1n) is 5.39. The zero-order chi connectivity index (χ0) is 13.1. The van der Waals surface area contributed by atoms with Crippen LogP contribution >= 0.6 is 27.5 Å². The summed E-state index contributed by atoms with van der Waals surface area (Å²) >= 11 is 9.20. The largest absolute Gasteiger partial charge is 0.398 e. The van der Waals surface area contributed by atoms with Gasteiger partial charge in [-0.05, 0) is 51.8 Å². The van der Waals surface area contributed by atoms with Crippen molar-refractivity contribution in [3.05, 3.63) is 63.1 Å². The van der Waals surface area contributed by atoms with Crippen molar-refractivity contribution in [2.75, 3.05) is 5.73 Å². The predicted octanol–water partition coefficient (Wildman–Crippen LogP) is 4.11. The molecular formula is C14H11BrClNO. The van der Waals surface area contributed by atoms with Crippen LogP contribution in [0.1, 0.15) is 15.9 Å². The van der Waals surface area contributed by atoms with Crippen LogP contribution in [0.5, 0.6) is 0 Å². The van der Waals surface area contributed by atoms with E-state index in [-0.39, 0.29) is 5.78 Å². The summed E-state index contributed by atoms with van der Waals surface area (Å²) in [6.07, 6.45) is 0.330. The molecule has 0 aliphatic rings. The molecule has 0 saturated carbocycles. The average molecular weight is 325 g/mol. The Morgan fingerprint density at radius 1 is 1.22 bits per heavy atom. The average Bonchev–Trinajstić information content (AvgIpc) is 2.32. The fourth-order valence-electron chi connectivity index (χ4n) is 1.63. The van der Waals surface area contributed by atoms with Gasteiger partial charge >= 0.3 is 0 Å². The fraction of sp³-hybridized carbons (Fsp3) is 0.0714. The summed E-state index contributed by atoms with van der Waals surface area (Å²) in [5, 5.41) is 0.638. The number of hydrogen-bond acceptors (Lipinski definition) is 2. The van der Waals surface area contributed by atoms with E-state index in [4.69, 9.17) is 17.3 Å². The number of anilines is 1. The van der Waals surface area contributed by atoms with Gasteiger partial charge in [-0.25, -0.2) is 0 Å². The highest BCUT2D eigenvalue weighted by Gasteiger charge is 2.09. The Kier molecular flexibility index (Phi) is 4.04. The molecule has 0 radical (unpaired) electrons. The summed E-state index contributed by atoms with van der Waals surface area (Å²) in [4.78, 5) is 12.1. The zero-order valence-corrected chi connectivity index (χ0v) is 11.8. The van der Waals surface area contributed by atoms with Gasteiger partial charge in [-0.15, -0.1) is 0 Å². The van der Waals surface area contributed by atoms with Gasteiger partial charge in [0.1, 0.15) is 0 Å². The van der Waals surface area contributed by atoms with Crippen molar-refractivity contribution < 1.29 is 4.79 Å². The summed E-state index contributed by atoms with van der Waals surface area (Å²) in [5.41, 5.74) is 7.84. The maximum Gasteiger partial charge on any atom is 0.167 e. The minimum Gasteiger partial charge on any atom is -0.398 e.